The van der Waals surface area contributed by atoms with E-state index in [2.05, 4.69) is 25.7 Å². The number of hydrogen-bond acceptors (Lipinski definition) is 7. The number of aryl methyl sites for hydroxylation is 1. The Morgan fingerprint density at radius 1 is 1.19 bits per heavy atom. The van der Waals surface area contributed by atoms with Gasteiger partial charge in [-0.3, -0.25) is 24.7 Å². The molecule has 1 atom stereocenters. The van der Waals surface area contributed by atoms with Crippen LogP contribution in [0.15, 0.2) is 29.3 Å². The van der Waals surface area contributed by atoms with Crippen molar-refractivity contribution in [3.8, 4) is 0 Å². The first-order chi connectivity index (χ1) is 15.1. The molecule has 0 fully saturated rings. The molecule has 1 aliphatic rings. The number of sulfonamides is 1. The van der Waals surface area contributed by atoms with Crippen molar-refractivity contribution in [1.82, 2.24) is 20.7 Å². The molecular weight excluding hydrogens is 438 g/mol. The quantitative estimate of drug-likeness (QED) is 0.312. The normalized spacial score (nSPS) is 14.8. The largest absolute Gasteiger partial charge is 0.480 e. The van der Waals surface area contributed by atoms with Gasteiger partial charge in [-0.25, -0.2) is 8.42 Å². The summed E-state index contributed by atoms with van der Waals surface area (Å²) in [6.45, 7) is 3.90. The highest BCUT2D eigenvalue weighted by molar-refractivity contribution is 7.90. The second-order valence-electron chi connectivity index (χ2n) is 7.57. The van der Waals surface area contributed by atoms with Crippen LogP contribution in [0.2, 0.25) is 0 Å². The molecule has 0 bridgehead atoms. The minimum absolute atomic E-state index is 0.163. The van der Waals surface area contributed by atoms with Gasteiger partial charge in [0.2, 0.25) is 15.9 Å². The fourth-order valence-electron chi connectivity index (χ4n) is 2.70. The molecule has 0 saturated heterocycles. The predicted octanol–water partition coefficient (Wildman–Crippen LogP) is -0.404. The van der Waals surface area contributed by atoms with E-state index >= 15 is 0 Å². The van der Waals surface area contributed by atoms with E-state index in [1.807, 2.05) is 0 Å². The number of hydrogen-bond donors (Lipinski definition) is 5. The first-order valence-electron chi connectivity index (χ1n) is 10.3. The molecule has 2 rings (SSSR count). The molecule has 176 valence electrons. The Labute approximate surface area is 187 Å². The zero-order chi connectivity index (χ0) is 23.7. The van der Waals surface area contributed by atoms with Crippen molar-refractivity contribution in [2.75, 3.05) is 19.6 Å². The van der Waals surface area contributed by atoms with Crippen LogP contribution in [-0.4, -0.2) is 68.2 Å². The first kappa shape index (κ1) is 25.3. The Kier molecular flexibility index (Phi) is 9.14. The third-order valence-electron chi connectivity index (χ3n) is 4.70. The van der Waals surface area contributed by atoms with Crippen molar-refractivity contribution >= 4 is 33.8 Å². The Bertz CT molecular complexity index is 959. The van der Waals surface area contributed by atoms with Gasteiger partial charge in [0.25, 0.3) is 5.91 Å². The topological polar surface area (TPSA) is 166 Å². The van der Waals surface area contributed by atoms with Crippen LogP contribution in [0.4, 0.5) is 0 Å². The molecular formula is C20H29N5O6S. The Morgan fingerprint density at radius 2 is 1.88 bits per heavy atom. The van der Waals surface area contributed by atoms with E-state index in [1.54, 1.807) is 24.3 Å². The van der Waals surface area contributed by atoms with Crippen molar-refractivity contribution in [2.45, 2.75) is 44.4 Å². The number of amides is 2. The molecule has 11 nitrogen and oxygen atoms in total. The number of carboxylic acids is 1. The molecule has 0 radical (unpaired) electrons. The average Bonchev–Trinajstić information content (AvgIpc) is 2.75. The van der Waals surface area contributed by atoms with Crippen LogP contribution in [0.1, 0.15) is 42.6 Å². The van der Waals surface area contributed by atoms with Gasteiger partial charge >= 0.3 is 5.97 Å². The van der Waals surface area contributed by atoms with Crippen molar-refractivity contribution in [3.63, 3.8) is 0 Å². The molecule has 0 aromatic heterocycles. The third kappa shape index (κ3) is 7.93. The molecule has 0 saturated carbocycles. The smallest absolute Gasteiger partial charge is 0.323 e. The fourth-order valence-corrected chi connectivity index (χ4v) is 3.56. The van der Waals surface area contributed by atoms with Gasteiger partial charge in [0, 0.05) is 31.6 Å². The van der Waals surface area contributed by atoms with E-state index in [1.165, 1.54) is 13.8 Å². The second kappa shape index (κ2) is 11.6. The molecule has 1 aromatic carbocycles. The average molecular weight is 468 g/mol. The van der Waals surface area contributed by atoms with E-state index in [9.17, 15) is 27.9 Å². The summed E-state index contributed by atoms with van der Waals surface area (Å²) < 4.78 is 25.9. The van der Waals surface area contributed by atoms with Gasteiger partial charge in [-0.15, -0.1) is 0 Å². The van der Waals surface area contributed by atoms with Crippen LogP contribution in [0.25, 0.3) is 0 Å². The minimum atomic E-state index is -3.81. The zero-order valence-electron chi connectivity index (χ0n) is 18.1. The van der Waals surface area contributed by atoms with Gasteiger partial charge in [-0.05, 0) is 44.4 Å². The van der Waals surface area contributed by atoms with Gasteiger partial charge < -0.3 is 15.7 Å². The van der Waals surface area contributed by atoms with Crippen molar-refractivity contribution in [2.24, 2.45) is 4.99 Å². The number of aliphatic imine (C=N–C) groups is 1. The molecule has 0 spiro atoms. The summed E-state index contributed by atoms with van der Waals surface area (Å²) in [5.74, 6) is -1.60. The number of nitrogens with zero attached hydrogens (tertiary/aromatic N) is 1. The van der Waals surface area contributed by atoms with Crippen LogP contribution in [0, 0.1) is 0 Å². The first-order valence-corrected chi connectivity index (χ1v) is 11.8. The maximum Gasteiger partial charge on any atom is 0.323 e. The summed E-state index contributed by atoms with van der Waals surface area (Å²) in [4.78, 5) is 39.8. The molecule has 1 unspecified atom stereocenters. The fraction of sp³-hybridized carbons (Fsp3) is 0.500. The number of benzene rings is 1. The number of guanidine groups is 1. The predicted molar refractivity (Wildman–Crippen MR) is 119 cm³/mol. The van der Waals surface area contributed by atoms with Crippen molar-refractivity contribution in [3.05, 3.63) is 35.4 Å². The third-order valence-corrected chi connectivity index (χ3v) is 6.56. The highest BCUT2D eigenvalue weighted by Crippen LogP contribution is 2.07. The summed E-state index contributed by atoms with van der Waals surface area (Å²) in [5, 5.41) is 16.6. The van der Waals surface area contributed by atoms with Gasteiger partial charge in [-0.1, -0.05) is 12.1 Å². The molecule has 2 amide bonds. The lowest BCUT2D eigenvalue weighted by atomic mass is 10.1. The molecule has 12 heteroatoms. The van der Waals surface area contributed by atoms with Crippen LogP contribution >= 0.6 is 0 Å². The van der Waals surface area contributed by atoms with Crippen LogP contribution in [0.3, 0.4) is 0 Å². The lowest BCUT2D eigenvalue weighted by molar-refractivity contribution is -0.138. The minimum Gasteiger partial charge on any atom is -0.480 e. The number of carbonyl (C=O) groups excluding carboxylic acids is 2. The van der Waals surface area contributed by atoms with Crippen LogP contribution < -0.4 is 20.7 Å². The molecule has 1 heterocycles. The Balaban J connectivity index is 1.84. The number of nitrogens with one attached hydrogen (secondary N) is 4. The molecule has 5 N–H and O–H groups in total. The van der Waals surface area contributed by atoms with E-state index in [4.69, 9.17) is 0 Å². The van der Waals surface area contributed by atoms with Gasteiger partial charge in [0.1, 0.15) is 6.04 Å². The second-order valence-corrected chi connectivity index (χ2v) is 9.84. The monoisotopic (exact) mass is 467 g/mol. The summed E-state index contributed by atoms with van der Waals surface area (Å²) in [6, 6.07) is 5.04. The van der Waals surface area contributed by atoms with Crippen molar-refractivity contribution < 1.29 is 27.9 Å². The number of aliphatic carboxylic acids is 1. The number of carboxylic acid groups (broad SMARTS) is 1. The van der Waals surface area contributed by atoms with E-state index in [0.717, 1.165) is 18.5 Å². The maximum atomic E-state index is 12.3. The zero-order valence-corrected chi connectivity index (χ0v) is 18.9. The standard InChI is InChI=1S/C20H29N5O6S/c1-13(2)32(30,31)25-16(19(28)29)12-23-18(27)15-7-4-14(5-8-15)6-9-17(26)24-20-21-10-3-11-22-20/h4-5,7-8,13,16,25H,3,6,9-12H2,1-2H3,(H,23,27)(H,28,29)(H2,21,22,24,26). The van der Waals surface area contributed by atoms with Gasteiger partial charge in [0.15, 0.2) is 5.96 Å². The van der Waals surface area contributed by atoms with Gasteiger partial charge in [-0.2, -0.15) is 4.72 Å². The van der Waals surface area contributed by atoms with E-state index < -0.39 is 39.7 Å². The lowest BCUT2D eigenvalue weighted by Gasteiger charge is -2.17. The van der Waals surface area contributed by atoms with Crippen molar-refractivity contribution in [1.29, 1.82) is 0 Å². The maximum absolute atomic E-state index is 12.3. The number of carbonyl (C=O) groups is 3. The Hall–Kier alpha value is -2.99. The molecule has 32 heavy (non-hydrogen) atoms. The van der Waals surface area contributed by atoms with E-state index in [-0.39, 0.29) is 17.9 Å². The molecule has 1 aliphatic heterocycles. The van der Waals surface area contributed by atoms with Crippen LogP contribution in [-0.2, 0) is 26.0 Å². The lowest BCUT2D eigenvalue weighted by Crippen LogP contribution is -2.50. The summed E-state index contributed by atoms with van der Waals surface area (Å²) in [7, 11) is -3.81. The summed E-state index contributed by atoms with van der Waals surface area (Å²) >= 11 is 0. The highest BCUT2D eigenvalue weighted by Gasteiger charge is 2.26. The summed E-state index contributed by atoms with van der Waals surface area (Å²) in [5.41, 5.74) is 1.14. The Morgan fingerprint density at radius 3 is 2.44 bits per heavy atom. The number of rotatable bonds is 10. The summed E-state index contributed by atoms with van der Waals surface area (Å²) in [6.07, 6.45) is 1.66. The molecule has 1 aromatic rings. The van der Waals surface area contributed by atoms with Gasteiger partial charge in [0.05, 0.1) is 5.25 Å². The van der Waals surface area contributed by atoms with E-state index in [0.29, 0.717) is 18.9 Å². The molecule has 0 aliphatic carbocycles. The highest BCUT2D eigenvalue weighted by atomic mass is 32.2. The van der Waals surface area contributed by atoms with Crippen LogP contribution in [0.5, 0.6) is 0 Å². The SMILES string of the molecule is CC(C)S(=O)(=O)NC(CNC(=O)c1ccc(CCC(=O)NC2=NCCCN2)cc1)C(=O)O.